The van der Waals surface area contributed by atoms with E-state index < -0.39 is 56.9 Å². The van der Waals surface area contributed by atoms with Crippen molar-refractivity contribution in [1.82, 2.24) is 10.2 Å². The number of halogens is 4. The van der Waals surface area contributed by atoms with Crippen molar-refractivity contribution in [2.24, 2.45) is 0 Å². The summed E-state index contributed by atoms with van der Waals surface area (Å²) in [7, 11) is -3.14. The number of rotatable bonds is 13. The predicted octanol–water partition coefficient (Wildman–Crippen LogP) is 7.96. The Labute approximate surface area is 307 Å². The van der Waals surface area contributed by atoms with Gasteiger partial charge >= 0.3 is 6.18 Å². The molecule has 1 unspecified atom stereocenters. The second-order valence-electron chi connectivity index (χ2n) is 12.9. The SMILES string of the molecule is COc1cccc(CN(C(=O)CN(c2ccc(Cl)c(C(F)(F)F)c2)S(=O)(=O)c2ccc(C)cc2)C(Cc2ccccc2)C(=O)NC2CCCCC2)c1. The first-order valence-electron chi connectivity index (χ1n) is 17.0. The highest BCUT2D eigenvalue weighted by molar-refractivity contribution is 7.92. The molecule has 1 aliphatic rings. The molecule has 4 aromatic rings. The molecule has 8 nitrogen and oxygen atoms in total. The minimum atomic E-state index is -4.91. The highest BCUT2D eigenvalue weighted by atomic mass is 35.5. The fourth-order valence-electron chi connectivity index (χ4n) is 6.32. The lowest BCUT2D eigenvalue weighted by atomic mass is 9.94. The van der Waals surface area contributed by atoms with Crippen LogP contribution in [0.2, 0.25) is 5.02 Å². The molecule has 276 valence electrons. The number of hydrogen-bond donors (Lipinski definition) is 1. The van der Waals surface area contributed by atoms with E-state index in [9.17, 15) is 31.2 Å². The Morgan fingerprint density at radius 3 is 2.23 bits per heavy atom. The summed E-state index contributed by atoms with van der Waals surface area (Å²) in [6.45, 7) is 0.716. The zero-order valence-corrected chi connectivity index (χ0v) is 30.5. The number of methoxy groups -OCH3 is 1. The van der Waals surface area contributed by atoms with Crippen LogP contribution in [0.1, 0.15) is 54.4 Å². The highest BCUT2D eigenvalue weighted by Crippen LogP contribution is 2.38. The van der Waals surface area contributed by atoms with E-state index in [0.29, 0.717) is 21.7 Å². The number of amides is 2. The van der Waals surface area contributed by atoms with Crippen LogP contribution < -0.4 is 14.4 Å². The summed E-state index contributed by atoms with van der Waals surface area (Å²) in [5, 5.41) is 2.50. The van der Waals surface area contributed by atoms with Crippen molar-refractivity contribution in [1.29, 1.82) is 0 Å². The van der Waals surface area contributed by atoms with E-state index in [-0.39, 0.29) is 23.9 Å². The van der Waals surface area contributed by atoms with Crippen LogP contribution in [-0.2, 0) is 38.8 Å². The molecule has 1 fully saturated rings. The summed E-state index contributed by atoms with van der Waals surface area (Å²) < 4.78 is 76.8. The number of carbonyl (C=O) groups is 2. The first-order valence-corrected chi connectivity index (χ1v) is 18.8. The van der Waals surface area contributed by atoms with Gasteiger partial charge in [0.15, 0.2) is 0 Å². The van der Waals surface area contributed by atoms with Gasteiger partial charge in [0.25, 0.3) is 10.0 Å². The zero-order chi connectivity index (χ0) is 37.5. The monoisotopic (exact) mass is 755 g/mol. The summed E-state index contributed by atoms with van der Waals surface area (Å²) in [6.07, 6.45) is -0.276. The lowest BCUT2D eigenvalue weighted by Crippen LogP contribution is -2.55. The van der Waals surface area contributed by atoms with Crippen LogP contribution in [0.3, 0.4) is 0 Å². The van der Waals surface area contributed by atoms with Gasteiger partial charge in [0.05, 0.1) is 28.3 Å². The van der Waals surface area contributed by atoms with Crippen LogP contribution >= 0.6 is 11.6 Å². The van der Waals surface area contributed by atoms with Crippen LogP contribution in [0.4, 0.5) is 18.9 Å². The molecular formula is C39H41ClF3N3O5S. The molecule has 52 heavy (non-hydrogen) atoms. The number of aryl methyl sites for hydroxylation is 1. The fourth-order valence-corrected chi connectivity index (χ4v) is 7.95. The maximum absolute atomic E-state index is 14.8. The Morgan fingerprint density at radius 2 is 1.58 bits per heavy atom. The number of nitrogens with zero attached hydrogens (tertiary/aromatic N) is 2. The molecule has 1 saturated carbocycles. The van der Waals surface area contributed by atoms with Crippen LogP contribution in [0.25, 0.3) is 0 Å². The van der Waals surface area contributed by atoms with Gasteiger partial charge in [0.1, 0.15) is 18.3 Å². The third kappa shape index (κ3) is 9.65. The molecule has 2 amide bonds. The zero-order valence-electron chi connectivity index (χ0n) is 28.9. The number of hydrogen-bond acceptors (Lipinski definition) is 5. The maximum atomic E-state index is 14.8. The Balaban J connectivity index is 1.62. The molecule has 1 N–H and O–H groups in total. The second-order valence-corrected chi connectivity index (χ2v) is 15.2. The van der Waals surface area contributed by atoms with Gasteiger partial charge < -0.3 is 15.0 Å². The van der Waals surface area contributed by atoms with Crippen molar-refractivity contribution < 1.29 is 35.9 Å². The number of sulfonamides is 1. The van der Waals surface area contributed by atoms with E-state index in [0.717, 1.165) is 55.4 Å². The molecular weight excluding hydrogens is 715 g/mol. The third-order valence-electron chi connectivity index (χ3n) is 9.14. The molecule has 1 aliphatic carbocycles. The van der Waals surface area contributed by atoms with E-state index >= 15 is 0 Å². The van der Waals surface area contributed by atoms with Crippen LogP contribution in [-0.4, -0.2) is 50.9 Å². The first-order chi connectivity index (χ1) is 24.8. The Hall–Kier alpha value is -4.55. The molecule has 0 saturated heterocycles. The third-order valence-corrected chi connectivity index (χ3v) is 11.3. The van der Waals surface area contributed by atoms with Gasteiger partial charge in [-0.2, -0.15) is 13.2 Å². The van der Waals surface area contributed by atoms with E-state index in [1.165, 1.54) is 24.1 Å². The lowest BCUT2D eigenvalue weighted by Gasteiger charge is -2.35. The minimum Gasteiger partial charge on any atom is -0.497 e. The van der Waals surface area contributed by atoms with Crippen molar-refractivity contribution in [3.63, 3.8) is 0 Å². The highest BCUT2D eigenvalue weighted by Gasteiger charge is 2.38. The molecule has 0 bridgehead atoms. The second kappa shape index (κ2) is 16.9. The van der Waals surface area contributed by atoms with Crippen LogP contribution in [0.15, 0.2) is 102 Å². The Morgan fingerprint density at radius 1 is 0.904 bits per heavy atom. The largest absolute Gasteiger partial charge is 0.497 e. The van der Waals surface area contributed by atoms with E-state index in [1.807, 2.05) is 30.3 Å². The number of anilines is 1. The summed E-state index contributed by atoms with van der Waals surface area (Å²) in [5.74, 6) is -0.715. The molecule has 0 radical (unpaired) electrons. The molecule has 0 heterocycles. The van der Waals surface area contributed by atoms with Crippen molar-refractivity contribution in [2.75, 3.05) is 18.0 Å². The minimum absolute atomic E-state index is 0.0958. The molecule has 5 rings (SSSR count). The Bertz CT molecular complexity index is 1950. The Kier molecular flexibility index (Phi) is 12.5. The average Bonchev–Trinajstić information content (AvgIpc) is 3.13. The van der Waals surface area contributed by atoms with Gasteiger partial charge in [-0.15, -0.1) is 0 Å². The van der Waals surface area contributed by atoms with Crippen LogP contribution in [0.5, 0.6) is 5.75 Å². The van der Waals surface area contributed by atoms with Crippen molar-refractivity contribution in [2.45, 2.75) is 75.1 Å². The quantitative estimate of drug-likeness (QED) is 0.150. The van der Waals surface area contributed by atoms with Crippen molar-refractivity contribution in [3.05, 3.63) is 124 Å². The summed E-state index contributed by atoms with van der Waals surface area (Å²) in [5.41, 5.74) is 0.426. The van der Waals surface area contributed by atoms with Gasteiger partial charge in [-0.1, -0.05) is 91.0 Å². The van der Waals surface area contributed by atoms with Crippen molar-refractivity contribution in [3.8, 4) is 5.75 Å². The van der Waals surface area contributed by atoms with Crippen molar-refractivity contribution >= 4 is 39.1 Å². The number of ether oxygens (including phenoxy) is 1. The molecule has 0 aliphatic heterocycles. The van der Waals surface area contributed by atoms with Gasteiger partial charge in [0.2, 0.25) is 11.8 Å². The van der Waals surface area contributed by atoms with E-state index in [4.69, 9.17) is 16.3 Å². The van der Waals surface area contributed by atoms with Crippen LogP contribution in [0, 0.1) is 6.92 Å². The fraction of sp³-hybridized carbons (Fsp3) is 0.333. The predicted molar refractivity (Wildman–Crippen MR) is 195 cm³/mol. The van der Waals surface area contributed by atoms with E-state index in [1.54, 1.807) is 43.3 Å². The lowest BCUT2D eigenvalue weighted by molar-refractivity contribution is -0.140. The topological polar surface area (TPSA) is 96.0 Å². The molecule has 4 aromatic carbocycles. The average molecular weight is 756 g/mol. The molecule has 0 spiro atoms. The normalized spacial score (nSPS) is 14.3. The van der Waals surface area contributed by atoms with Gasteiger partial charge in [0, 0.05) is 19.0 Å². The molecule has 0 aromatic heterocycles. The number of alkyl halides is 3. The van der Waals surface area contributed by atoms with E-state index in [2.05, 4.69) is 5.32 Å². The van der Waals surface area contributed by atoms with Gasteiger partial charge in [-0.25, -0.2) is 8.42 Å². The number of benzene rings is 4. The summed E-state index contributed by atoms with van der Waals surface area (Å²) in [4.78, 5) is 30.1. The van der Waals surface area contributed by atoms with Gasteiger partial charge in [-0.3, -0.25) is 13.9 Å². The number of nitrogens with one attached hydrogen (secondary N) is 1. The maximum Gasteiger partial charge on any atom is 0.417 e. The molecule has 1 atom stereocenters. The number of carbonyl (C=O) groups excluding carboxylic acids is 2. The molecule has 13 heteroatoms. The standard InChI is InChI=1S/C39H41ClF3N3O5S/c1-27-16-19-33(20-17-27)52(49,50)46(31-18-21-35(40)34(24-31)39(41,42)43)26-37(47)45(25-29-12-9-15-32(22-29)51-2)36(23-28-10-5-3-6-11-28)38(48)44-30-13-7-4-8-14-30/h3,5-6,9-12,15-22,24,30,36H,4,7-8,13-14,23,25-26H2,1-2H3,(H,44,48). The first kappa shape index (κ1) is 38.7. The summed E-state index contributed by atoms with van der Waals surface area (Å²) >= 11 is 5.92. The smallest absolute Gasteiger partial charge is 0.417 e. The van der Waals surface area contributed by atoms with Gasteiger partial charge in [-0.05, 0) is 73.4 Å². The summed E-state index contributed by atoms with van der Waals surface area (Å²) in [6, 6.07) is 23.3.